The lowest BCUT2D eigenvalue weighted by atomic mass is 9.94. The van der Waals surface area contributed by atoms with Crippen LogP contribution in [0.25, 0.3) is 11.6 Å². The molecule has 0 radical (unpaired) electrons. The molecule has 0 heterocycles. The first-order chi connectivity index (χ1) is 6.86. The lowest BCUT2D eigenvalue weighted by Crippen LogP contribution is -2.18. The molecule has 2 rings (SSSR count). The minimum absolute atomic E-state index is 0.533. The fourth-order valence-electron chi connectivity index (χ4n) is 1.53. The van der Waals surface area contributed by atoms with Crippen LogP contribution in [0.2, 0.25) is 0 Å². The summed E-state index contributed by atoms with van der Waals surface area (Å²) in [4.78, 5) is 7.31. The molecule has 0 saturated heterocycles. The van der Waals surface area contributed by atoms with Crippen molar-refractivity contribution in [3.63, 3.8) is 0 Å². The molecule has 0 aromatic heterocycles. The van der Waals surface area contributed by atoms with Gasteiger partial charge in [-0.1, -0.05) is 24.3 Å². The second-order valence-electron chi connectivity index (χ2n) is 2.98. The van der Waals surface area contributed by atoms with E-state index in [9.17, 15) is 0 Å². The van der Waals surface area contributed by atoms with Crippen molar-refractivity contribution in [1.29, 1.82) is 0 Å². The monoisotopic (exact) mass is 183 g/mol. The van der Waals surface area contributed by atoms with E-state index in [4.69, 9.17) is 5.53 Å². The molecule has 0 fully saturated rings. The number of benzene rings is 1. The molecule has 1 aromatic rings. The van der Waals surface area contributed by atoms with Gasteiger partial charge in [0.05, 0.1) is 5.56 Å². The highest BCUT2D eigenvalue weighted by Gasteiger charge is 2.23. The molecule has 0 N–H and O–H groups in total. The third-order valence-corrected chi connectivity index (χ3v) is 2.22. The van der Waals surface area contributed by atoms with Crippen LogP contribution in [0.5, 0.6) is 0 Å². The Balaban J connectivity index is 2.71. The summed E-state index contributed by atoms with van der Waals surface area (Å²) < 4.78 is 0. The Morgan fingerprint density at radius 1 is 1.21 bits per heavy atom. The first-order valence-electron chi connectivity index (χ1n) is 4.33. The zero-order chi connectivity index (χ0) is 9.97. The van der Waals surface area contributed by atoms with Gasteiger partial charge in [0.2, 0.25) is 0 Å². The molecule has 1 aliphatic carbocycles. The Labute approximate surface area is 82.0 Å². The second kappa shape index (κ2) is 3.40. The van der Waals surface area contributed by atoms with Crippen LogP contribution in [0.4, 0.5) is 0 Å². The van der Waals surface area contributed by atoms with Crippen molar-refractivity contribution in [2.24, 2.45) is 4.99 Å². The molecular weight excluding hydrogens is 174 g/mol. The molecule has 3 nitrogen and oxygen atoms in total. The number of hydrogen-bond donors (Lipinski definition) is 0. The van der Waals surface area contributed by atoms with Crippen LogP contribution in [-0.4, -0.2) is 23.3 Å². The predicted molar refractivity (Wildman–Crippen MR) is 56.6 cm³/mol. The van der Waals surface area contributed by atoms with Crippen LogP contribution in [0, 0.1) is 0 Å². The van der Waals surface area contributed by atoms with Gasteiger partial charge in [-0.05, 0) is 17.7 Å². The van der Waals surface area contributed by atoms with E-state index < -0.39 is 0 Å². The fraction of sp³-hybridized carbons (Fsp3) is 0.0909. The first kappa shape index (κ1) is 8.60. The van der Waals surface area contributed by atoms with Crippen LogP contribution in [0.15, 0.2) is 35.3 Å². The van der Waals surface area contributed by atoms with Gasteiger partial charge in [0.15, 0.2) is 0 Å². The topological polar surface area (TPSA) is 48.8 Å². The van der Waals surface area contributed by atoms with Crippen molar-refractivity contribution in [2.75, 3.05) is 7.05 Å². The highest BCUT2D eigenvalue weighted by molar-refractivity contribution is 6.52. The fourth-order valence-corrected chi connectivity index (χ4v) is 1.53. The first-order valence-corrected chi connectivity index (χ1v) is 4.33. The van der Waals surface area contributed by atoms with Gasteiger partial charge < -0.3 is 5.53 Å². The number of nitrogens with zero attached hydrogens (tertiary/aromatic N) is 3. The summed E-state index contributed by atoms with van der Waals surface area (Å²) in [7, 11) is 1.68. The van der Waals surface area contributed by atoms with Gasteiger partial charge in [-0.25, -0.2) is 0 Å². The van der Waals surface area contributed by atoms with E-state index >= 15 is 0 Å². The van der Waals surface area contributed by atoms with E-state index in [0.717, 1.165) is 11.1 Å². The summed E-state index contributed by atoms with van der Waals surface area (Å²) in [5, 5.41) is 0. The van der Waals surface area contributed by atoms with Crippen molar-refractivity contribution in [3.05, 3.63) is 47.0 Å². The molecule has 0 atom stereocenters. The van der Waals surface area contributed by atoms with E-state index in [-0.39, 0.29) is 0 Å². The third-order valence-electron chi connectivity index (χ3n) is 2.22. The second-order valence-corrected chi connectivity index (χ2v) is 2.98. The maximum Gasteiger partial charge on any atom is 0.347 e. The third kappa shape index (κ3) is 1.20. The van der Waals surface area contributed by atoms with E-state index in [1.54, 1.807) is 7.05 Å². The number of fused-ring (bicyclic) bond motifs is 1. The largest absolute Gasteiger partial charge is 0.361 e. The SMILES string of the molecule is CN=C1C=Cc2ccccc2C1=[N+]=[N-]. The van der Waals surface area contributed by atoms with Crippen molar-refractivity contribution in [2.45, 2.75) is 0 Å². The molecule has 0 saturated carbocycles. The van der Waals surface area contributed by atoms with Crippen LogP contribution >= 0.6 is 0 Å². The Morgan fingerprint density at radius 2 is 2.00 bits per heavy atom. The van der Waals surface area contributed by atoms with Crippen molar-refractivity contribution < 1.29 is 4.79 Å². The highest BCUT2D eigenvalue weighted by Crippen LogP contribution is 2.16. The van der Waals surface area contributed by atoms with Crippen molar-refractivity contribution in [1.82, 2.24) is 0 Å². The lowest BCUT2D eigenvalue weighted by Gasteiger charge is -2.06. The maximum absolute atomic E-state index is 8.91. The van der Waals surface area contributed by atoms with Gasteiger partial charge in [-0.2, -0.15) is 4.79 Å². The lowest BCUT2D eigenvalue weighted by molar-refractivity contribution is -0.000458. The summed E-state index contributed by atoms with van der Waals surface area (Å²) in [6.07, 6.45) is 3.81. The molecule has 1 aromatic carbocycles. The molecule has 0 bridgehead atoms. The van der Waals surface area contributed by atoms with Crippen molar-refractivity contribution >= 4 is 17.5 Å². The standard InChI is InChI=1S/C11H9N3/c1-13-10-7-6-8-4-2-3-5-9(8)11(10)14-12/h2-7H,1H3. The molecule has 0 amide bonds. The van der Waals surface area contributed by atoms with Crippen LogP contribution in [0.1, 0.15) is 11.1 Å². The summed E-state index contributed by atoms with van der Waals surface area (Å²) >= 11 is 0. The average molecular weight is 183 g/mol. The summed E-state index contributed by atoms with van der Waals surface area (Å²) in [5.74, 6) is 0. The number of allylic oxidation sites excluding steroid dienone is 1. The molecule has 1 aliphatic rings. The van der Waals surface area contributed by atoms with Crippen molar-refractivity contribution in [3.8, 4) is 0 Å². The highest BCUT2D eigenvalue weighted by atomic mass is 14.9. The van der Waals surface area contributed by atoms with E-state index in [1.165, 1.54) is 0 Å². The zero-order valence-corrected chi connectivity index (χ0v) is 7.81. The van der Waals surface area contributed by atoms with E-state index in [2.05, 4.69) is 9.78 Å². The normalized spacial score (nSPS) is 16.6. The minimum Gasteiger partial charge on any atom is -0.361 e. The molecule has 0 spiro atoms. The van der Waals surface area contributed by atoms with E-state index in [0.29, 0.717) is 11.4 Å². The molecule has 0 unspecified atom stereocenters. The van der Waals surface area contributed by atoms with Gasteiger partial charge >= 0.3 is 5.71 Å². The van der Waals surface area contributed by atoms with Gasteiger partial charge in [0, 0.05) is 7.05 Å². The van der Waals surface area contributed by atoms with Gasteiger partial charge in [-0.3, -0.25) is 4.99 Å². The minimum atomic E-state index is 0.533. The summed E-state index contributed by atoms with van der Waals surface area (Å²) in [6, 6.07) is 7.76. The zero-order valence-electron chi connectivity index (χ0n) is 7.81. The number of hydrogen-bond acceptors (Lipinski definition) is 1. The Bertz CT molecular complexity index is 477. The molecule has 68 valence electrons. The maximum atomic E-state index is 8.91. The molecular formula is C11H9N3. The van der Waals surface area contributed by atoms with Gasteiger partial charge in [0.25, 0.3) is 0 Å². The molecule has 14 heavy (non-hydrogen) atoms. The summed E-state index contributed by atoms with van der Waals surface area (Å²) in [6.45, 7) is 0. The van der Waals surface area contributed by atoms with Gasteiger partial charge in [0.1, 0.15) is 5.71 Å². The van der Waals surface area contributed by atoms with Crippen LogP contribution in [-0.2, 0) is 0 Å². The predicted octanol–water partition coefficient (Wildman–Crippen LogP) is 1.80. The van der Waals surface area contributed by atoms with Crippen LogP contribution in [0.3, 0.4) is 0 Å². The average Bonchev–Trinajstić information content (AvgIpc) is 2.27. The molecule has 0 aliphatic heterocycles. The smallest absolute Gasteiger partial charge is 0.347 e. The van der Waals surface area contributed by atoms with Crippen LogP contribution < -0.4 is 0 Å². The quantitative estimate of drug-likeness (QED) is 0.435. The number of rotatable bonds is 0. The Morgan fingerprint density at radius 3 is 2.71 bits per heavy atom. The Kier molecular flexibility index (Phi) is 2.09. The Hall–Kier alpha value is -1.99. The number of aliphatic imine (C=N–C) groups is 1. The van der Waals surface area contributed by atoms with Gasteiger partial charge in [-0.15, -0.1) is 0 Å². The van der Waals surface area contributed by atoms with E-state index in [1.807, 2.05) is 36.4 Å². The molecule has 3 heteroatoms. The summed E-state index contributed by atoms with van der Waals surface area (Å²) in [5.41, 5.74) is 12.1.